The Kier molecular flexibility index (Phi) is 6.91. The van der Waals surface area contributed by atoms with E-state index in [1.54, 1.807) is 0 Å². The predicted molar refractivity (Wildman–Crippen MR) is 78.5 cm³/mol. The smallest absolute Gasteiger partial charge is 0.306 e. The van der Waals surface area contributed by atoms with Crippen molar-refractivity contribution in [2.75, 3.05) is 13.2 Å². The van der Waals surface area contributed by atoms with Crippen LogP contribution >= 0.6 is 0 Å². The van der Waals surface area contributed by atoms with Crippen molar-refractivity contribution in [3.05, 3.63) is 23.8 Å². The summed E-state index contributed by atoms with van der Waals surface area (Å²) in [6, 6.07) is 5.66. The average Bonchev–Trinajstić information content (AvgIpc) is 2.41. The number of rotatable bonds is 9. The van der Waals surface area contributed by atoms with Crippen LogP contribution in [0.15, 0.2) is 18.2 Å². The molecule has 1 aromatic rings. The van der Waals surface area contributed by atoms with E-state index < -0.39 is 5.97 Å². The second kappa shape index (κ2) is 8.46. The van der Waals surface area contributed by atoms with Crippen LogP contribution in [0.25, 0.3) is 0 Å². The molecule has 1 N–H and O–H groups in total. The largest absolute Gasteiger partial charge is 0.490 e. The highest BCUT2D eigenvalue weighted by molar-refractivity contribution is 5.70. The highest BCUT2D eigenvalue weighted by Crippen LogP contribution is 2.30. The topological polar surface area (TPSA) is 55.8 Å². The highest BCUT2D eigenvalue weighted by Gasteiger charge is 2.18. The van der Waals surface area contributed by atoms with Gasteiger partial charge in [-0.05, 0) is 44.4 Å². The molecule has 4 nitrogen and oxygen atoms in total. The van der Waals surface area contributed by atoms with Gasteiger partial charge in [-0.1, -0.05) is 19.4 Å². The van der Waals surface area contributed by atoms with Gasteiger partial charge in [0.25, 0.3) is 0 Å². The van der Waals surface area contributed by atoms with Gasteiger partial charge >= 0.3 is 5.97 Å². The normalized spacial score (nSPS) is 11.9. The molecule has 0 aliphatic carbocycles. The van der Waals surface area contributed by atoms with Gasteiger partial charge in [-0.25, -0.2) is 0 Å². The van der Waals surface area contributed by atoms with E-state index >= 15 is 0 Å². The summed E-state index contributed by atoms with van der Waals surface area (Å²) < 4.78 is 11.1. The summed E-state index contributed by atoms with van der Waals surface area (Å²) in [4.78, 5) is 11.2. The van der Waals surface area contributed by atoms with Crippen molar-refractivity contribution in [3.63, 3.8) is 0 Å². The molecule has 1 atom stereocenters. The number of carboxylic acid groups (broad SMARTS) is 1. The molecule has 0 aliphatic rings. The van der Waals surface area contributed by atoms with Gasteiger partial charge < -0.3 is 14.6 Å². The average molecular weight is 280 g/mol. The molecular weight excluding hydrogens is 256 g/mol. The number of hydrogen-bond acceptors (Lipinski definition) is 3. The number of hydrogen-bond donors (Lipinski definition) is 1. The maximum absolute atomic E-state index is 11.2. The van der Waals surface area contributed by atoms with Crippen LogP contribution in [0, 0.1) is 5.92 Å². The van der Waals surface area contributed by atoms with E-state index in [0.717, 1.165) is 12.0 Å². The lowest BCUT2D eigenvalue weighted by Gasteiger charge is -2.15. The fourth-order valence-corrected chi connectivity index (χ4v) is 2.17. The summed E-state index contributed by atoms with van der Waals surface area (Å²) >= 11 is 0. The summed E-state index contributed by atoms with van der Waals surface area (Å²) in [5, 5.41) is 9.22. The van der Waals surface area contributed by atoms with Crippen LogP contribution < -0.4 is 9.47 Å². The van der Waals surface area contributed by atoms with Crippen LogP contribution in [-0.4, -0.2) is 24.3 Å². The number of benzene rings is 1. The third kappa shape index (κ3) is 4.76. The highest BCUT2D eigenvalue weighted by atomic mass is 16.5. The Hall–Kier alpha value is -1.71. The van der Waals surface area contributed by atoms with Crippen LogP contribution in [-0.2, 0) is 11.2 Å². The van der Waals surface area contributed by atoms with E-state index in [4.69, 9.17) is 9.47 Å². The second-order valence-corrected chi connectivity index (χ2v) is 4.68. The fourth-order valence-electron chi connectivity index (χ4n) is 2.17. The van der Waals surface area contributed by atoms with Crippen molar-refractivity contribution >= 4 is 5.97 Å². The standard InChI is InChI=1S/C16H24O4/c1-4-7-13(16(17)18)10-12-8-9-14(19-5-2)15(11-12)20-6-3/h8-9,11,13H,4-7,10H2,1-3H3,(H,17,18). The molecule has 0 heterocycles. The van der Waals surface area contributed by atoms with E-state index in [1.807, 2.05) is 39.0 Å². The van der Waals surface area contributed by atoms with Gasteiger partial charge in [0.2, 0.25) is 0 Å². The Morgan fingerprint density at radius 1 is 1.15 bits per heavy atom. The SMILES string of the molecule is CCCC(Cc1ccc(OCC)c(OCC)c1)C(=O)O. The molecule has 0 aliphatic heterocycles. The predicted octanol–water partition coefficient (Wildman–Crippen LogP) is 3.53. The minimum Gasteiger partial charge on any atom is -0.490 e. The molecule has 0 spiro atoms. The van der Waals surface area contributed by atoms with Gasteiger partial charge in [-0.2, -0.15) is 0 Å². The lowest BCUT2D eigenvalue weighted by Crippen LogP contribution is -2.16. The van der Waals surface area contributed by atoms with Gasteiger partial charge in [-0.15, -0.1) is 0 Å². The van der Waals surface area contributed by atoms with Gasteiger partial charge in [0.15, 0.2) is 11.5 Å². The maximum Gasteiger partial charge on any atom is 0.306 e. The summed E-state index contributed by atoms with van der Waals surface area (Å²) in [6.07, 6.45) is 2.08. The Bertz CT molecular complexity index is 428. The Morgan fingerprint density at radius 2 is 1.80 bits per heavy atom. The Labute approximate surface area is 120 Å². The second-order valence-electron chi connectivity index (χ2n) is 4.68. The molecule has 1 rings (SSSR count). The first-order chi connectivity index (χ1) is 9.62. The lowest BCUT2D eigenvalue weighted by molar-refractivity contribution is -0.141. The van der Waals surface area contributed by atoms with E-state index in [2.05, 4.69) is 0 Å². The van der Waals surface area contributed by atoms with E-state index in [1.165, 1.54) is 0 Å². The lowest BCUT2D eigenvalue weighted by atomic mass is 9.95. The van der Waals surface area contributed by atoms with Crippen LogP contribution in [0.3, 0.4) is 0 Å². The van der Waals surface area contributed by atoms with Crippen LogP contribution in [0.4, 0.5) is 0 Å². The zero-order chi connectivity index (χ0) is 15.0. The van der Waals surface area contributed by atoms with Crippen LogP contribution in [0.5, 0.6) is 11.5 Å². The molecule has 20 heavy (non-hydrogen) atoms. The molecule has 112 valence electrons. The molecule has 0 saturated heterocycles. The monoisotopic (exact) mass is 280 g/mol. The number of carboxylic acids is 1. The van der Waals surface area contributed by atoms with Crippen LogP contribution in [0.2, 0.25) is 0 Å². The zero-order valence-electron chi connectivity index (χ0n) is 12.5. The molecule has 0 bridgehead atoms. The molecule has 1 unspecified atom stereocenters. The number of ether oxygens (including phenoxy) is 2. The third-order valence-corrected chi connectivity index (χ3v) is 3.08. The van der Waals surface area contributed by atoms with E-state index in [0.29, 0.717) is 37.6 Å². The molecule has 1 aromatic carbocycles. The molecule has 4 heteroatoms. The fraction of sp³-hybridized carbons (Fsp3) is 0.562. The van der Waals surface area contributed by atoms with E-state index in [9.17, 15) is 9.90 Å². The quantitative estimate of drug-likeness (QED) is 0.752. The summed E-state index contributed by atoms with van der Waals surface area (Å²) in [5.74, 6) is 0.319. The zero-order valence-corrected chi connectivity index (χ0v) is 12.5. The Morgan fingerprint density at radius 3 is 2.35 bits per heavy atom. The molecule has 0 amide bonds. The first-order valence-electron chi connectivity index (χ1n) is 7.23. The minimum atomic E-state index is -0.737. The van der Waals surface area contributed by atoms with Crippen molar-refractivity contribution in [2.45, 2.75) is 40.0 Å². The molecular formula is C16H24O4. The van der Waals surface area contributed by atoms with Gasteiger partial charge in [-0.3, -0.25) is 4.79 Å². The van der Waals surface area contributed by atoms with E-state index in [-0.39, 0.29) is 5.92 Å². The van der Waals surface area contributed by atoms with Crippen LogP contribution in [0.1, 0.15) is 39.2 Å². The number of carbonyl (C=O) groups is 1. The summed E-state index contributed by atoms with van der Waals surface area (Å²) in [7, 11) is 0. The third-order valence-electron chi connectivity index (χ3n) is 3.08. The van der Waals surface area contributed by atoms with Crippen molar-refractivity contribution < 1.29 is 19.4 Å². The van der Waals surface area contributed by atoms with Crippen molar-refractivity contribution in [1.82, 2.24) is 0 Å². The van der Waals surface area contributed by atoms with Crippen molar-refractivity contribution in [1.29, 1.82) is 0 Å². The summed E-state index contributed by atoms with van der Waals surface area (Å²) in [6.45, 7) is 6.97. The Balaban J connectivity index is 2.89. The number of aliphatic carboxylic acids is 1. The first-order valence-corrected chi connectivity index (χ1v) is 7.23. The summed E-state index contributed by atoms with van der Waals surface area (Å²) in [5.41, 5.74) is 0.970. The maximum atomic E-state index is 11.2. The molecule has 0 radical (unpaired) electrons. The first kappa shape index (κ1) is 16.3. The van der Waals surface area contributed by atoms with Gasteiger partial charge in [0.1, 0.15) is 0 Å². The van der Waals surface area contributed by atoms with Gasteiger partial charge in [0, 0.05) is 0 Å². The van der Waals surface area contributed by atoms with Crippen molar-refractivity contribution in [2.24, 2.45) is 5.92 Å². The molecule has 0 fully saturated rings. The van der Waals surface area contributed by atoms with Gasteiger partial charge in [0.05, 0.1) is 19.1 Å². The minimum absolute atomic E-state index is 0.340. The van der Waals surface area contributed by atoms with Crippen molar-refractivity contribution in [3.8, 4) is 11.5 Å². The molecule has 0 aromatic heterocycles. The molecule has 0 saturated carbocycles.